The van der Waals surface area contributed by atoms with Gasteiger partial charge in [0.25, 0.3) is 0 Å². The van der Waals surface area contributed by atoms with Gasteiger partial charge in [0.1, 0.15) is 78.6 Å². The molecule has 7 aromatic carbocycles. The number of phenolic OH excluding ortho intramolecular Hbond substituents is 1. The Hall–Kier alpha value is -11.6. The molecule has 724 valence electrons. The Morgan fingerprint density at radius 3 is 1.70 bits per heavy atom. The first-order valence-corrected chi connectivity index (χ1v) is 49.2. The molecule has 32 nitrogen and oxygen atoms in total. The number of hydrogen-bond acceptors (Lipinski definition) is 21. The van der Waals surface area contributed by atoms with Crippen LogP contribution in [0.25, 0.3) is 5.32 Å². The minimum Gasteiger partial charge on any atom is -0.637 e. The van der Waals surface area contributed by atoms with Crippen LogP contribution in [-0.4, -0.2) is 218 Å². The van der Waals surface area contributed by atoms with Crippen LogP contribution in [0.15, 0.2) is 182 Å². The molecule has 0 bridgehead atoms. The van der Waals surface area contributed by atoms with E-state index >= 15 is 33.6 Å². The Bertz CT molecular complexity index is 5050. The van der Waals surface area contributed by atoms with Gasteiger partial charge in [0.2, 0.25) is 70.9 Å². The number of aromatic hydroxyl groups is 1. The van der Waals surface area contributed by atoms with Crippen molar-refractivity contribution < 1.29 is 81.7 Å². The number of ketones is 1. The van der Waals surface area contributed by atoms with Gasteiger partial charge in [-0.3, -0.25) is 57.5 Å². The summed E-state index contributed by atoms with van der Waals surface area (Å²) >= 11 is 1.91. The maximum atomic E-state index is 15.8. The van der Waals surface area contributed by atoms with Crippen LogP contribution in [0.4, 0.5) is 0 Å². The number of nitrogens with one attached hydrogen (secondary N) is 12. The fraction of sp³-hybridized carbons (Fsp3) is 0.440. The van der Waals surface area contributed by atoms with Crippen LogP contribution in [0, 0.1) is 35.2 Å². The van der Waals surface area contributed by atoms with Gasteiger partial charge in [-0.2, -0.15) is 0 Å². The molecule has 0 aliphatic carbocycles. The van der Waals surface area contributed by atoms with Crippen molar-refractivity contribution >= 4 is 127 Å². The Labute approximate surface area is 810 Å². The number of carbonyl (C=O) groups is 14. The molecule has 13 amide bonds. The first kappa shape index (κ1) is 107. The quantitative estimate of drug-likeness (QED) is 0.00798. The lowest BCUT2D eigenvalue weighted by molar-refractivity contribution is -0.142. The zero-order valence-electron chi connectivity index (χ0n) is 77.8. The topological polar surface area (TPSA) is 465 Å². The molecule has 2 aliphatic heterocycles. The van der Waals surface area contributed by atoms with Gasteiger partial charge >= 0.3 is 0 Å². The average Bonchev–Trinajstić information content (AvgIpc) is 1.17. The number of nitrogens with zero attached hydrogens (tertiary/aromatic N) is 2. The zero-order chi connectivity index (χ0) is 97.7. The summed E-state index contributed by atoms with van der Waals surface area (Å²) in [6.07, 6.45) is -1.30. The Morgan fingerprint density at radius 2 is 1.13 bits per heavy atom. The number of ether oxygens (including phenoxy) is 2. The fourth-order valence-electron chi connectivity index (χ4n) is 15.7. The van der Waals surface area contributed by atoms with Crippen LogP contribution >= 0.6 is 44.2 Å². The summed E-state index contributed by atoms with van der Waals surface area (Å²) in [5.41, 5.74) is 11.4. The Balaban J connectivity index is 1.05. The van der Waals surface area contributed by atoms with Gasteiger partial charge in [0.15, 0.2) is 0 Å². The van der Waals surface area contributed by atoms with E-state index in [2.05, 4.69) is 63.8 Å². The second kappa shape index (κ2) is 54.2. The highest BCUT2D eigenvalue weighted by Crippen LogP contribution is 2.44. The molecule has 12 atom stereocenters. The summed E-state index contributed by atoms with van der Waals surface area (Å²) in [6.45, 7) is 14.0. The van der Waals surface area contributed by atoms with Crippen molar-refractivity contribution in [3.8, 4) is 5.75 Å². The highest BCUT2D eigenvalue weighted by molar-refractivity contribution is 14.1. The molecule has 7 aromatic rings. The standard InChI is InChI=1S/C100H128IN15O17S2/c1-10-65(7)89(98(130)109-76(90(122)104-55-70-37-35-69(36-38-70)54-103-9)41-43-86(119)115-100(72-20-14-11-15-21-72,73-22-16-12-17-23-73)74-24-18-13-19-25-74)114-95(127)81(52-68-33-28-63(5)29-34-68)110-96(128)82-59-134-135-60-83(113-92(124)77(40-30-66(8)117)108-94(126)80(51-67-31-26-62(4)27-32-67)107-88(121)58-133-47-46-132-45-44-102)99(131)116-57-64(6)49-84(116)97(129)111-79(53-71-39-42-85(118)75(101)50-71)91(123)105-56-87(120)106-78(48-61(2)3)93(125)112-82/h11-29,31-39,42,50,61,64-65,76-84,89,103H,10,30,40-41,43-49,51-60,102H2,1-9H3,(H13,104,105,106,107,108,109,110,111,112,113,114,115,118,119,120,121,122,123,124,125,126,127,128,129,130)/p-1/t64-,65?,76+,77-,78+,79+,80+,81+,82+,83+,84+,89+/m1/s1. The molecule has 2 heterocycles. The number of Topliss-reactive ketones (excluding diaryl/α,β-unsaturated/α-hetero) is 1. The largest absolute Gasteiger partial charge is 0.637 e. The smallest absolute Gasteiger partial charge is 0.246 e. The number of nitrogens with two attached hydrogens (primary N) is 1. The lowest BCUT2D eigenvalue weighted by Gasteiger charge is -2.48. The SMILES string of the molecule is CCC(C)[C@H](NC(=O)[C@H](Cc1ccc(C)cc1)NC(=O)[C@@H]1CSSC[C@H](NC(=O)[C@@H](CCC(C)=O)NC(=O)[C@H](Cc2ccc(C)cc2)NC(=O)COCCOCCN)C(=O)N2C[C@H](C)C[C@H]2C(=O)N[C@@H](Cc2ccc(O)c(I)c2)C(=O)NCC(=O)N[C@@H](CC(C)C)C(=O)N1)C(=O)N[C@@H](CCC(=O)[N-]C(c1ccccc1)(c1ccccc1)c1ccccc1)C(=O)NCc1ccc(CNC)cc1. The third kappa shape index (κ3) is 33.4. The second-order valence-electron chi connectivity index (χ2n) is 34.7. The van der Waals surface area contributed by atoms with E-state index in [9.17, 15) is 38.7 Å². The monoisotopic (exact) mass is 2000 g/mol. The number of aryl methyl sites for hydroxylation is 2. The number of amides is 13. The molecule has 1 unspecified atom stereocenters. The lowest BCUT2D eigenvalue weighted by atomic mass is 9.77. The van der Waals surface area contributed by atoms with Gasteiger partial charge in [0.05, 0.1) is 35.8 Å². The van der Waals surface area contributed by atoms with E-state index in [-0.39, 0.29) is 139 Å². The predicted octanol–water partition coefficient (Wildman–Crippen LogP) is 6.91. The van der Waals surface area contributed by atoms with Crippen molar-refractivity contribution in [2.75, 3.05) is 64.6 Å². The number of fused-ring (bicyclic) bond motifs is 1. The summed E-state index contributed by atoms with van der Waals surface area (Å²) in [7, 11) is 3.73. The molecule has 2 fully saturated rings. The Kier molecular flexibility index (Phi) is 43.0. The maximum Gasteiger partial charge on any atom is 0.246 e. The fourth-order valence-corrected chi connectivity index (χ4v) is 18.6. The molecule has 0 radical (unpaired) electrons. The van der Waals surface area contributed by atoms with Crippen molar-refractivity contribution in [2.45, 2.75) is 199 Å². The van der Waals surface area contributed by atoms with Gasteiger partial charge in [-0.25, -0.2) is 0 Å². The van der Waals surface area contributed by atoms with Crippen molar-refractivity contribution in [3.05, 3.63) is 247 Å². The molecule has 35 heteroatoms. The molecule has 0 spiro atoms. The van der Waals surface area contributed by atoms with E-state index in [0.717, 1.165) is 43.8 Å². The summed E-state index contributed by atoms with van der Waals surface area (Å²) in [5.74, 6) is -13.0. The highest BCUT2D eigenvalue weighted by Gasteiger charge is 2.44. The van der Waals surface area contributed by atoms with E-state index < -0.39 is 162 Å². The van der Waals surface area contributed by atoms with Crippen molar-refractivity contribution in [1.82, 2.24) is 68.7 Å². The number of hydrogen-bond donors (Lipinski definition) is 14. The lowest BCUT2D eigenvalue weighted by Crippen LogP contribution is -2.61. The van der Waals surface area contributed by atoms with Gasteiger partial charge < -0.3 is 104 Å². The molecule has 2 aliphatic rings. The molecule has 15 N–H and O–H groups in total. The highest BCUT2D eigenvalue weighted by atomic mass is 127. The first-order valence-electron chi connectivity index (χ1n) is 45.6. The van der Waals surface area contributed by atoms with Crippen molar-refractivity contribution in [2.24, 2.45) is 23.5 Å². The van der Waals surface area contributed by atoms with Gasteiger partial charge in [-0.05, 0) is 146 Å². The molecule has 9 rings (SSSR count). The minimum absolute atomic E-state index is 0.0226. The second-order valence-corrected chi connectivity index (χ2v) is 38.4. The zero-order valence-corrected chi connectivity index (χ0v) is 81.6. The summed E-state index contributed by atoms with van der Waals surface area (Å²) in [4.78, 5) is 210. The van der Waals surface area contributed by atoms with Crippen LogP contribution in [0.3, 0.4) is 0 Å². The molecular formula is C100H127IN15O17S2-. The predicted molar refractivity (Wildman–Crippen MR) is 526 cm³/mol. The first-order chi connectivity index (χ1) is 64.7. The van der Waals surface area contributed by atoms with Crippen LogP contribution in [-0.2, 0) is 114 Å². The van der Waals surface area contributed by atoms with Crippen LogP contribution in [0.2, 0.25) is 0 Å². The minimum atomic E-state index is -1.63. The number of halogens is 1. The van der Waals surface area contributed by atoms with Crippen molar-refractivity contribution in [1.29, 1.82) is 0 Å². The van der Waals surface area contributed by atoms with Gasteiger partial charge in [-0.15, -0.1) is 0 Å². The number of phenols is 1. The summed E-state index contributed by atoms with van der Waals surface area (Å²) in [5, 5.41) is 49.5. The average molecular weight is 2000 g/mol. The van der Waals surface area contributed by atoms with E-state index in [1.807, 2.05) is 171 Å². The molecule has 0 saturated carbocycles. The van der Waals surface area contributed by atoms with E-state index in [0.29, 0.717) is 43.5 Å². The van der Waals surface area contributed by atoms with E-state index in [4.69, 9.17) is 20.5 Å². The molecular weight excluding hydrogens is 1870 g/mol. The number of carbonyl (C=O) groups excluding carboxylic acids is 14. The summed E-state index contributed by atoms with van der Waals surface area (Å²) in [6, 6.07) is 39.9. The van der Waals surface area contributed by atoms with Gasteiger partial charge in [-0.1, -0.05) is 260 Å². The van der Waals surface area contributed by atoms with Crippen LogP contribution in [0.5, 0.6) is 5.75 Å². The van der Waals surface area contributed by atoms with E-state index in [1.165, 1.54) is 17.9 Å². The Morgan fingerprint density at radius 1 is 0.593 bits per heavy atom. The molecule has 2 saturated heterocycles. The van der Waals surface area contributed by atoms with Gasteiger partial charge in [0, 0.05) is 63.4 Å². The molecule has 135 heavy (non-hydrogen) atoms. The third-order valence-electron chi connectivity index (χ3n) is 23.3. The summed E-state index contributed by atoms with van der Waals surface area (Å²) < 4.78 is 11.3. The normalized spacial score (nSPS) is 18.3. The third-order valence-corrected chi connectivity index (χ3v) is 26.6. The van der Waals surface area contributed by atoms with Crippen LogP contribution < -0.4 is 69.5 Å². The molecule has 0 aromatic heterocycles. The van der Waals surface area contributed by atoms with E-state index in [1.54, 1.807) is 83.1 Å². The number of rotatable bonds is 43. The van der Waals surface area contributed by atoms with Crippen molar-refractivity contribution in [3.63, 3.8) is 0 Å². The van der Waals surface area contributed by atoms with Crippen LogP contribution in [0.1, 0.15) is 142 Å². The maximum absolute atomic E-state index is 15.8. The number of benzene rings is 7.